The number of hydrogen-bond donors (Lipinski definition) is 0. The molecule has 1 spiro atoms. The zero-order valence-electron chi connectivity index (χ0n) is 20.3. The van der Waals surface area contributed by atoms with Crippen LogP contribution in [0, 0.1) is 17.0 Å². The van der Waals surface area contributed by atoms with Crippen LogP contribution in [0.25, 0.3) is 0 Å². The molecule has 2 aromatic rings. The van der Waals surface area contributed by atoms with Crippen molar-refractivity contribution in [1.82, 2.24) is 9.88 Å². The van der Waals surface area contributed by atoms with Crippen LogP contribution in [0.2, 0.25) is 0 Å². The van der Waals surface area contributed by atoms with E-state index >= 15 is 0 Å². The van der Waals surface area contributed by atoms with Gasteiger partial charge >= 0.3 is 0 Å². The van der Waals surface area contributed by atoms with Gasteiger partial charge in [0.1, 0.15) is 23.5 Å². The van der Waals surface area contributed by atoms with Gasteiger partial charge in [0.05, 0.1) is 31.3 Å². The first kappa shape index (κ1) is 23.2. The normalized spacial score (nSPS) is 25.7. The summed E-state index contributed by atoms with van der Waals surface area (Å²) in [6.45, 7) is 5.58. The molecule has 0 bridgehead atoms. The number of pyridine rings is 1. The Bertz CT molecular complexity index is 1030. The maximum Gasteiger partial charge on any atom is 0.143 e. The van der Waals surface area contributed by atoms with E-state index in [2.05, 4.69) is 14.8 Å². The zero-order chi connectivity index (χ0) is 23.8. The predicted molar refractivity (Wildman–Crippen MR) is 131 cm³/mol. The van der Waals surface area contributed by atoms with E-state index < -0.39 is 0 Å². The van der Waals surface area contributed by atoms with Crippen molar-refractivity contribution < 1.29 is 18.3 Å². The van der Waals surface area contributed by atoms with E-state index in [9.17, 15) is 8.78 Å². The largest absolute Gasteiger partial charge is 0.490 e. The number of ether oxygens (including phenoxy) is 2. The monoisotopic (exact) mass is 483 g/mol. The molecular formula is C28H35F2N3O2. The maximum atomic E-state index is 14.2. The smallest absolute Gasteiger partial charge is 0.143 e. The minimum absolute atomic E-state index is 0.160. The zero-order valence-corrected chi connectivity index (χ0v) is 20.3. The number of likely N-dealkylation sites (tertiary alicyclic amines) is 1. The van der Waals surface area contributed by atoms with Crippen LogP contribution in [0.15, 0.2) is 36.7 Å². The summed E-state index contributed by atoms with van der Waals surface area (Å²) in [7, 11) is 0. The Morgan fingerprint density at radius 1 is 0.943 bits per heavy atom. The summed E-state index contributed by atoms with van der Waals surface area (Å²) in [5.74, 6) is 0.752. The Kier molecular flexibility index (Phi) is 6.39. The second-order valence-corrected chi connectivity index (χ2v) is 11.0. The molecular weight excluding hydrogens is 448 g/mol. The number of benzene rings is 1. The molecule has 5 nitrogen and oxygen atoms in total. The molecule has 3 saturated heterocycles. The van der Waals surface area contributed by atoms with Gasteiger partial charge in [0.25, 0.3) is 0 Å². The fourth-order valence-electron chi connectivity index (χ4n) is 6.79. The van der Waals surface area contributed by atoms with E-state index in [4.69, 9.17) is 9.47 Å². The minimum atomic E-state index is -0.268. The number of aromatic nitrogens is 1. The van der Waals surface area contributed by atoms with Gasteiger partial charge in [-0.3, -0.25) is 4.98 Å². The highest BCUT2D eigenvalue weighted by Gasteiger charge is 2.49. The molecule has 0 amide bonds. The van der Waals surface area contributed by atoms with Crippen LogP contribution in [0.4, 0.5) is 14.5 Å². The van der Waals surface area contributed by atoms with Crippen molar-refractivity contribution in [3.05, 3.63) is 53.9 Å². The molecule has 6 rings (SSSR count). The van der Waals surface area contributed by atoms with Crippen LogP contribution in [-0.4, -0.2) is 61.4 Å². The Balaban J connectivity index is 1.04. The number of hydrogen-bond acceptors (Lipinski definition) is 5. The van der Waals surface area contributed by atoms with E-state index in [1.807, 2.05) is 6.07 Å². The molecule has 4 fully saturated rings. The lowest BCUT2D eigenvalue weighted by atomic mass is 9.77. The Morgan fingerprint density at radius 2 is 1.74 bits per heavy atom. The summed E-state index contributed by atoms with van der Waals surface area (Å²) in [6, 6.07) is 7.25. The van der Waals surface area contributed by atoms with Gasteiger partial charge in [0, 0.05) is 49.0 Å². The average Bonchev–Trinajstić information content (AvgIpc) is 3.31. The van der Waals surface area contributed by atoms with Crippen LogP contribution >= 0.6 is 0 Å². The standard InChI is InChI=1S/C28H35F2N3O2/c29-21-1-2-27(35-25-6-11-34-12-7-25)26(14-21)20-4-9-32(10-5-20)23-3-8-28(15-23)18-33(19-28)24-13-22(30)16-31-17-24/h1-2,13-14,16-17,20,23,25H,3-12,15,18-19H2/t23-/m0/s1. The summed E-state index contributed by atoms with van der Waals surface area (Å²) in [5, 5.41) is 0. The van der Waals surface area contributed by atoms with Gasteiger partial charge in [-0.2, -0.15) is 0 Å². The van der Waals surface area contributed by atoms with Crippen LogP contribution in [0.3, 0.4) is 0 Å². The Morgan fingerprint density at radius 3 is 2.51 bits per heavy atom. The molecule has 1 aromatic carbocycles. The number of anilines is 1. The molecule has 1 saturated carbocycles. The Hall–Kier alpha value is -2.25. The van der Waals surface area contributed by atoms with E-state index in [-0.39, 0.29) is 17.7 Å². The lowest BCUT2D eigenvalue weighted by molar-refractivity contribution is 0.0248. The quantitative estimate of drug-likeness (QED) is 0.588. The van der Waals surface area contributed by atoms with Gasteiger partial charge < -0.3 is 19.3 Å². The first-order valence-corrected chi connectivity index (χ1v) is 13.2. The number of rotatable bonds is 5. The topological polar surface area (TPSA) is 37.8 Å². The third-order valence-electron chi connectivity index (χ3n) is 8.70. The molecule has 0 unspecified atom stereocenters. The van der Waals surface area contributed by atoms with Gasteiger partial charge in [-0.25, -0.2) is 8.78 Å². The minimum Gasteiger partial charge on any atom is -0.490 e. The summed E-state index contributed by atoms with van der Waals surface area (Å²) in [6.07, 6.45) is 10.7. The number of nitrogens with zero attached hydrogens (tertiary/aromatic N) is 3. The van der Waals surface area contributed by atoms with Crippen LogP contribution in [-0.2, 0) is 4.74 Å². The fraction of sp³-hybridized carbons (Fsp3) is 0.607. The summed E-state index contributed by atoms with van der Waals surface area (Å²) >= 11 is 0. The molecule has 7 heteroatoms. The van der Waals surface area contributed by atoms with Crippen molar-refractivity contribution in [3.63, 3.8) is 0 Å². The average molecular weight is 484 g/mol. The molecule has 4 heterocycles. The van der Waals surface area contributed by atoms with E-state index in [1.165, 1.54) is 31.5 Å². The van der Waals surface area contributed by atoms with Crippen molar-refractivity contribution in [2.45, 2.75) is 63.0 Å². The summed E-state index contributed by atoms with van der Waals surface area (Å²) in [4.78, 5) is 8.93. The summed E-state index contributed by atoms with van der Waals surface area (Å²) < 4.78 is 39.5. The third kappa shape index (κ3) is 4.90. The van der Waals surface area contributed by atoms with E-state index in [1.54, 1.807) is 18.3 Å². The van der Waals surface area contributed by atoms with Gasteiger partial charge in [0.15, 0.2) is 0 Å². The lowest BCUT2D eigenvalue weighted by Gasteiger charge is -2.50. The van der Waals surface area contributed by atoms with Crippen molar-refractivity contribution >= 4 is 5.69 Å². The summed E-state index contributed by atoms with van der Waals surface area (Å²) in [5.41, 5.74) is 2.30. The molecule has 1 aliphatic carbocycles. The molecule has 1 aromatic heterocycles. The molecule has 4 aliphatic rings. The molecule has 0 radical (unpaired) electrons. The van der Waals surface area contributed by atoms with E-state index in [0.29, 0.717) is 17.4 Å². The van der Waals surface area contributed by atoms with Gasteiger partial charge in [-0.05, 0) is 69.3 Å². The second kappa shape index (κ2) is 9.66. The van der Waals surface area contributed by atoms with Crippen LogP contribution in [0.1, 0.15) is 56.4 Å². The van der Waals surface area contributed by atoms with Gasteiger partial charge in [0.2, 0.25) is 0 Å². The molecule has 35 heavy (non-hydrogen) atoms. The van der Waals surface area contributed by atoms with Crippen LogP contribution in [0.5, 0.6) is 5.75 Å². The first-order valence-electron chi connectivity index (χ1n) is 13.2. The first-order chi connectivity index (χ1) is 17.1. The molecule has 0 N–H and O–H groups in total. The number of piperidine rings is 1. The highest BCUT2D eigenvalue weighted by Crippen LogP contribution is 2.49. The van der Waals surface area contributed by atoms with Crippen LogP contribution < -0.4 is 9.64 Å². The van der Waals surface area contributed by atoms with Crippen molar-refractivity contribution in [2.75, 3.05) is 44.3 Å². The molecule has 1 atom stereocenters. The van der Waals surface area contributed by atoms with Gasteiger partial charge in [-0.1, -0.05) is 0 Å². The molecule has 188 valence electrons. The highest BCUT2D eigenvalue weighted by atomic mass is 19.1. The fourth-order valence-corrected chi connectivity index (χ4v) is 6.79. The predicted octanol–water partition coefficient (Wildman–Crippen LogP) is 5.16. The highest BCUT2D eigenvalue weighted by molar-refractivity contribution is 5.48. The van der Waals surface area contributed by atoms with Crippen molar-refractivity contribution in [3.8, 4) is 5.75 Å². The molecule has 3 aliphatic heterocycles. The van der Waals surface area contributed by atoms with Crippen molar-refractivity contribution in [1.29, 1.82) is 0 Å². The maximum absolute atomic E-state index is 14.2. The lowest BCUT2D eigenvalue weighted by Crippen LogP contribution is -2.56. The SMILES string of the molecule is Fc1cncc(N2CC3(CC[C@H](N4CCC(c5cc(F)ccc5OC5CCOCC5)CC4)C3)C2)c1. The third-order valence-corrected chi connectivity index (χ3v) is 8.70. The Labute approximate surface area is 206 Å². The van der Waals surface area contributed by atoms with Crippen molar-refractivity contribution in [2.24, 2.45) is 5.41 Å². The number of halogens is 2. The van der Waals surface area contributed by atoms with E-state index in [0.717, 1.165) is 82.1 Å². The van der Waals surface area contributed by atoms with Gasteiger partial charge in [-0.15, -0.1) is 0 Å². The second-order valence-electron chi connectivity index (χ2n) is 11.0.